The molecule has 33 heavy (non-hydrogen) atoms. The summed E-state index contributed by atoms with van der Waals surface area (Å²) in [5, 5.41) is 0. The van der Waals surface area contributed by atoms with Crippen molar-refractivity contribution in [2.24, 2.45) is 0 Å². The topological polar surface area (TPSA) is 18.5 Å². The van der Waals surface area contributed by atoms with E-state index in [9.17, 15) is 0 Å². The van der Waals surface area contributed by atoms with Gasteiger partial charge in [0.1, 0.15) is 11.5 Å². The van der Waals surface area contributed by atoms with Crippen molar-refractivity contribution >= 4 is 0 Å². The molecule has 1 aromatic rings. The number of hydrogen-bond donors (Lipinski definition) is 0. The first-order valence-corrected chi connectivity index (χ1v) is 12.3. The Kier molecular flexibility index (Phi) is 12.3. The number of methoxy groups -OCH3 is 2. The van der Waals surface area contributed by atoms with Crippen molar-refractivity contribution in [1.29, 1.82) is 0 Å². The van der Waals surface area contributed by atoms with E-state index in [0.717, 1.165) is 49.2 Å². The van der Waals surface area contributed by atoms with Gasteiger partial charge in [0.05, 0.1) is 14.2 Å². The summed E-state index contributed by atoms with van der Waals surface area (Å²) in [6.45, 7) is 19.6. The van der Waals surface area contributed by atoms with Crippen LogP contribution in [-0.2, 0) is 0 Å². The number of allylic oxidation sites excluding steroid dienone is 8. The van der Waals surface area contributed by atoms with Crippen LogP contribution in [0.15, 0.2) is 46.6 Å². The van der Waals surface area contributed by atoms with Crippen LogP contribution in [0.5, 0.6) is 11.5 Å². The van der Waals surface area contributed by atoms with Crippen molar-refractivity contribution in [1.82, 2.24) is 0 Å². The third-order valence-electron chi connectivity index (χ3n) is 6.40. The van der Waals surface area contributed by atoms with Gasteiger partial charge in [0.25, 0.3) is 0 Å². The second kappa shape index (κ2) is 14.1. The van der Waals surface area contributed by atoms with Gasteiger partial charge in [0.2, 0.25) is 0 Å². The molecular weight excluding hydrogens is 404 g/mol. The Hall–Kier alpha value is -2.22. The highest BCUT2D eigenvalue weighted by Crippen LogP contribution is 2.43. The van der Waals surface area contributed by atoms with Gasteiger partial charge in [0.15, 0.2) is 0 Å². The van der Waals surface area contributed by atoms with Gasteiger partial charge in [-0.1, -0.05) is 46.6 Å². The monoisotopic (exact) mass is 452 g/mol. The lowest BCUT2D eigenvalue weighted by Crippen LogP contribution is -2.08. The predicted molar refractivity (Wildman–Crippen MR) is 146 cm³/mol. The quantitative estimate of drug-likeness (QED) is 0.294. The van der Waals surface area contributed by atoms with Crippen LogP contribution in [0.25, 0.3) is 0 Å². The van der Waals surface area contributed by atoms with Crippen LogP contribution in [0, 0.1) is 20.8 Å². The molecule has 2 nitrogen and oxygen atoms in total. The first kappa shape index (κ1) is 28.8. The van der Waals surface area contributed by atoms with Crippen LogP contribution >= 0.6 is 0 Å². The third kappa shape index (κ3) is 8.91. The lowest BCUT2D eigenvalue weighted by Gasteiger charge is -2.25. The molecule has 0 saturated carbocycles. The molecule has 1 rings (SSSR count). The fourth-order valence-electron chi connectivity index (χ4n) is 4.44. The molecule has 184 valence electrons. The fourth-order valence-corrected chi connectivity index (χ4v) is 4.44. The second-order valence-electron chi connectivity index (χ2n) is 9.90. The van der Waals surface area contributed by atoms with Crippen LogP contribution in [0.1, 0.15) is 102 Å². The highest BCUT2D eigenvalue weighted by Gasteiger charge is 2.23. The van der Waals surface area contributed by atoms with Crippen molar-refractivity contribution in [3.05, 3.63) is 68.9 Å². The van der Waals surface area contributed by atoms with Gasteiger partial charge in [0, 0.05) is 11.5 Å². The molecule has 0 aliphatic rings. The van der Waals surface area contributed by atoms with Gasteiger partial charge in [-0.2, -0.15) is 0 Å². The molecule has 0 heterocycles. The second-order valence-corrected chi connectivity index (χ2v) is 9.90. The zero-order valence-electron chi connectivity index (χ0n) is 23.2. The largest absolute Gasteiger partial charge is 0.496 e. The summed E-state index contributed by atoms with van der Waals surface area (Å²) in [5.41, 5.74) is 10.4. The molecule has 2 heteroatoms. The minimum absolute atomic E-state index is 0.248. The van der Waals surface area contributed by atoms with E-state index in [-0.39, 0.29) is 5.92 Å². The Morgan fingerprint density at radius 2 is 1.15 bits per heavy atom. The smallest absolute Gasteiger partial charge is 0.126 e. The molecule has 0 aliphatic carbocycles. The SMILES string of the molecule is COc1c(C)c(C)c(OC)c(C(/C=C(\C)CCC=C(C)C)C/C=C(\C)CCC=C(C)C)c1C. The zero-order valence-corrected chi connectivity index (χ0v) is 23.2. The summed E-state index contributed by atoms with van der Waals surface area (Å²) in [6.07, 6.45) is 14.9. The fraction of sp³-hybridized carbons (Fsp3) is 0.548. The van der Waals surface area contributed by atoms with Crippen LogP contribution in [0.4, 0.5) is 0 Å². The number of rotatable bonds is 12. The minimum atomic E-state index is 0.248. The van der Waals surface area contributed by atoms with Crippen LogP contribution in [-0.4, -0.2) is 14.2 Å². The summed E-state index contributed by atoms with van der Waals surface area (Å²) in [6, 6.07) is 0. The van der Waals surface area contributed by atoms with Gasteiger partial charge in [-0.05, 0) is 111 Å². The summed E-state index contributed by atoms with van der Waals surface area (Å²) in [5.74, 6) is 2.23. The Balaban J connectivity index is 3.45. The number of benzene rings is 1. The highest BCUT2D eigenvalue weighted by molar-refractivity contribution is 5.60. The van der Waals surface area contributed by atoms with E-state index in [1.54, 1.807) is 14.2 Å². The lowest BCUT2D eigenvalue weighted by atomic mass is 9.85. The van der Waals surface area contributed by atoms with Crippen molar-refractivity contribution in [3.63, 3.8) is 0 Å². The van der Waals surface area contributed by atoms with Crippen LogP contribution < -0.4 is 9.47 Å². The van der Waals surface area contributed by atoms with Gasteiger partial charge < -0.3 is 9.47 Å². The summed E-state index contributed by atoms with van der Waals surface area (Å²) < 4.78 is 11.8. The molecule has 0 bridgehead atoms. The van der Waals surface area contributed by atoms with E-state index < -0.39 is 0 Å². The summed E-state index contributed by atoms with van der Waals surface area (Å²) in [4.78, 5) is 0. The third-order valence-corrected chi connectivity index (χ3v) is 6.40. The molecule has 1 atom stereocenters. The van der Waals surface area contributed by atoms with E-state index in [1.165, 1.54) is 39.0 Å². The lowest BCUT2D eigenvalue weighted by molar-refractivity contribution is 0.389. The van der Waals surface area contributed by atoms with Gasteiger partial charge >= 0.3 is 0 Å². The van der Waals surface area contributed by atoms with Gasteiger partial charge in [-0.25, -0.2) is 0 Å². The van der Waals surface area contributed by atoms with Crippen molar-refractivity contribution < 1.29 is 9.47 Å². The maximum absolute atomic E-state index is 5.99. The zero-order chi connectivity index (χ0) is 25.1. The van der Waals surface area contributed by atoms with E-state index in [2.05, 4.69) is 86.6 Å². The van der Waals surface area contributed by atoms with Gasteiger partial charge in [-0.15, -0.1) is 0 Å². The van der Waals surface area contributed by atoms with Crippen LogP contribution in [0.3, 0.4) is 0 Å². The standard InChI is InChI=1S/C31H48O2/c1-21(2)14-12-16-23(5)18-19-28(20-24(6)17-13-15-22(3)4)29-27(9)30(32-10)25(7)26(8)31(29)33-11/h14-15,18,20,28H,12-13,16-17,19H2,1-11H3/b23-18+,24-20+. The van der Waals surface area contributed by atoms with Crippen molar-refractivity contribution in [2.45, 2.75) is 100 Å². The summed E-state index contributed by atoms with van der Waals surface area (Å²) >= 11 is 0. The van der Waals surface area contributed by atoms with E-state index in [1.807, 2.05) is 0 Å². The molecule has 0 amide bonds. The molecule has 0 fully saturated rings. The molecule has 0 aromatic heterocycles. The maximum atomic E-state index is 5.99. The predicted octanol–water partition coefficient (Wildman–Crippen LogP) is 9.49. The Morgan fingerprint density at radius 1 is 0.667 bits per heavy atom. The normalized spacial score (nSPS) is 12.9. The molecule has 0 spiro atoms. The van der Waals surface area contributed by atoms with Gasteiger partial charge in [-0.3, -0.25) is 0 Å². The minimum Gasteiger partial charge on any atom is -0.496 e. The van der Waals surface area contributed by atoms with E-state index in [4.69, 9.17) is 9.47 Å². The Bertz CT molecular complexity index is 902. The number of hydrogen-bond acceptors (Lipinski definition) is 2. The Labute approximate surface area is 204 Å². The molecule has 1 unspecified atom stereocenters. The highest BCUT2D eigenvalue weighted by atomic mass is 16.5. The Morgan fingerprint density at radius 3 is 1.64 bits per heavy atom. The molecule has 0 N–H and O–H groups in total. The number of ether oxygens (including phenoxy) is 2. The van der Waals surface area contributed by atoms with E-state index in [0.29, 0.717) is 0 Å². The molecule has 0 saturated heterocycles. The van der Waals surface area contributed by atoms with Crippen LogP contribution in [0.2, 0.25) is 0 Å². The average molecular weight is 453 g/mol. The van der Waals surface area contributed by atoms with Crippen molar-refractivity contribution in [3.8, 4) is 11.5 Å². The van der Waals surface area contributed by atoms with E-state index >= 15 is 0 Å². The molecule has 1 aromatic carbocycles. The molecule has 0 aliphatic heterocycles. The average Bonchev–Trinajstić information content (AvgIpc) is 2.73. The maximum Gasteiger partial charge on any atom is 0.126 e. The molecular formula is C31H48O2. The molecule has 0 radical (unpaired) electrons. The first-order chi connectivity index (χ1) is 15.5. The van der Waals surface area contributed by atoms with Crippen molar-refractivity contribution in [2.75, 3.05) is 14.2 Å². The first-order valence-electron chi connectivity index (χ1n) is 12.3. The summed E-state index contributed by atoms with van der Waals surface area (Å²) in [7, 11) is 3.56.